The van der Waals surface area contributed by atoms with Crippen molar-refractivity contribution in [1.82, 2.24) is 0 Å². The molecule has 1 heteroatoms. The molecule has 0 N–H and O–H groups in total. The van der Waals surface area contributed by atoms with E-state index in [0.29, 0.717) is 0 Å². The Hall–Kier alpha value is -6.44. The largest absolute Gasteiger partial charge is 0.310 e. The van der Waals surface area contributed by atoms with Crippen LogP contribution < -0.4 is 4.90 Å². The van der Waals surface area contributed by atoms with Crippen molar-refractivity contribution in [3.8, 4) is 22.3 Å². The van der Waals surface area contributed by atoms with Gasteiger partial charge in [-0.1, -0.05) is 167 Å². The van der Waals surface area contributed by atoms with Gasteiger partial charge in [-0.2, -0.15) is 0 Å². The molecule has 0 bridgehead atoms. The van der Waals surface area contributed by atoms with E-state index in [4.69, 9.17) is 0 Å². The second-order valence-electron chi connectivity index (χ2n) is 16.5. The third-order valence-corrected chi connectivity index (χ3v) is 12.8. The molecule has 0 spiro atoms. The third kappa shape index (κ3) is 4.60. The summed E-state index contributed by atoms with van der Waals surface area (Å²) in [6.07, 6.45) is 4.39. The summed E-state index contributed by atoms with van der Waals surface area (Å²) in [5.74, 6) is 0. The minimum atomic E-state index is -0.104. The van der Waals surface area contributed by atoms with Gasteiger partial charge in [0.1, 0.15) is 0 Å². The van der Waals surface area contributed by atoms with Crippen molar-refractivity contribution >= 4 is 61.5 Å². The SMILES string of the molecule is CC1(C)c2ccccc2-c2ccc(N(c3ccc(C=Cc4ccccc4)cc3)c3ccc4ccc5c6c(cc7ccc3c4c75)C(C)(C)c3ccccc3-6)cc21. The highest BCUT2D eigenvalue weighted by molar-refractivity contribution is 6.28. The molecule has 0 saturated heterocycles. The van der Waals surface area contributed by atoms with Gasteiger partial charge in [-0.25, -0.2) is 0 Å². The minimum absolute atomic E-state index is 0.0538. The number of hydrogen-bond acceptors (Lipinski definition) is 1. The molecule has 0 heterocycles. The summed E-state index contributed by atoms with van der Waals surface area (Å²) in [6, 6.07) is 61.2. The van der Waals surface area contributed by atoms with Crippen molar-refractivity contribution in [3.63, 3.8) is 0 Å². The first-order valence-corrected chi connectivity index (χ1v) is 19.5. The molecule has 2 aliphatic carbocycles. The first-order chi connectivity index (χ1) is 26.8. The smallest absolute Gasteiger partial charge is 0.0540 e. The average Bonchev–Trinajstić information content (AvgIpc) is 3.59. The van der Waals surface area contributed by atoms with Crippen LogP contribution in [0.25, 0.3) is 66.7 Å². The monoisotopic (exact) mass is 703 g/mol. The normalized spacial score (nSPS) is 14.8. The Morgan fingerprint density at radius 3 is 1.75 bits per heavy atom. The van der Waals surface area contributed by atoms with Crippen molar-refractivity contribution < 1.29 is 0 Å². The van der Waals surface area contributed by atoms with Crippen molar-refractivity contribution in [2.24, 2.45) is 0 Å². The Labute approximate surface area is 323 Å². The molecule has 0 amide bonds. The highest BCUT2D eigenvalue weighted by Gasteiger charge is 2.38. The van der Waals surface area contributed by atoms with E-state index in [9.17, 15) is 0 Å². The zero-order valence-corrected chi connectivity index (χ0v) is 31.7. The molecule has 0 fully saturated rings. The number of hydrogen-bond donors (Lipinski definition) is 0. The number of fused-ring (bicyclic) bond motifs is 7. The van der Waals surface area contributed by atoms with Gasteiger partial charge in [0.25, 0.3) is 0 Å². The molecule has 0 radical (unpaired) electrons. The van der Waals surface area contributed by atoms with Gasteiger partial charge >= 0.3 is 0 Å². The van der Waals surface area contributed by atoms with E-state index in [0.717, 1.165) is 5.69 Å². The fraction of sp³-hybridized carbons (Fsp3) is 0.111. The van der Waals surface area contributed by atoms with Crippen molar-refractivity contribution in [1.29, 1.82) is 0 Å². The molecule has 9 aromatic rings. The first kappa shape index (κ1) is 32.0. The fourth-order valence-corrected chi connectivity index (χ4v) is 9.98. The van der Waals surface area contributed by atoms with Crippen LogP contribution in [0, 0.1) is 0 Å². The minimum Gasteiger partial charge on any atom is -0.310 e. The summed E-state index contributed by atoms with van der Waals surface area (Å²) < 4.78 is 0. The van der Waals surface area contributed by atoms with Crippen LogP contribution in [0.5, 0.6) is 0 Å². The average molecular weight is 704 g/mol. The number of rotatable bonds is 5. The van der Waals surface area contributed by atoms with Crippen LogP contribution in [0.2, 0.25) is 0 Å². The summed E-state index contributed by atoms with van der Waals surface area (Å²) in [4.78, 5) is 2.48. The van der Waals surface area contributed by atoms with Crippen LogP contribution in [0.4, 0.5) is 17.1 Å². The van der Waals surface area contributed by atoms with E-state index in [2.05, 4.69) is 209 Å². The highest BCUT2D eigenvalue weighted by Crippen LogP contribution is 2.55. The Kier molecular flexibility index (Phi) is 6.72. The number of benzene rings is 9. The van der Waals surface area contributed by atoms with E-state index in [1.807, 2.05) is 0 Å². The molecule has 9 aromatic carbocycles. The standard InChI is InChI=1S/C54H41N/c1-53(2)45-16-10-8-14-40(45)41-30-27-39(33-47(41)53)55(38-25-20-35(21-26-38)19-18-34-12-6-5-7-13-34)49-31-24-36-22-29-44-51-37(23-28-43(49)50(36)51)32-48-52(44)42-15-9-11-17-46(42)54(48,3)4/h5-33H,1-4H3. The van der Waals surface area contributed by atoms with Crippen LogP contribution in [0.3, 0.4) is 0 Å². The molecule has 55 heavy (non-hydrogen) atoms. The van der Waals surface area contributed by atoms with Gasteiger partial charge in [0.2, 0.25) is 0 Å². The van der Waals surface area contributed by atoms with E-state index < -0.39 is 0 Å². The maximum absolute atomic E-state index is 2.48. The van der Waals surface area contributed by atoms with E-state index in [1.165, 1.54) is 99.3 Å². The molecule has 0 aromatic heterocycles. The van der Waals surface area contributed by atoms with Gasteiger partial charge < -0.3 is 4.90 Å². The summed E-state index contributed by atoms with van der Waals surface area (Å²) in [7, 11) is 0. The lowest BCUT2D eigenvalue weighted by Gasteiger charge is -2.30. The molecular weight excluding hydrogens is 663 g/mol. The van der Waals surface area contributed by atoms with Gasteiger partial charge in [-0.15, -0.1) is 0 Å². The number of anilines is 3. The van der Waals surface area contributed by atoms with Crippen LogP contribution in [0.15, 0.2) is 164 Å². The van der Waals surface area contributed by atoms with Crippen LogP contribution >= 0.6 is 0 Å². The predicted molar refractivity (Wildman–Crippen MR) is 235 cm³/mol. The lowest BCUT2D eigenvalue weighted by Crippen LogP contribution is -2.16. The summed E-state index contributed by atoms with van der Waals surface area (Å²) >= 11 is 0. The molecule has 0 aliphatic heterocycles. The van der Waals surface area contributed by atoms with Gasteiger partial charge in [-0.05, 0) is 119 Å². The molecule has 0 saturated carbocycles. The first-order valence-electron chi connectivity index (χ1n) is 19.5. The fourth-order valence-electron chi connectivity index (χ4n) is 9.98. The van der Waals surface area contributed by atoms with Crippen LogP contribution in [-0.2, 0) is 10.8 Å². The van der Waals surface area contributed by atoms with Crippen molar-refractivity contribution in [2.45, 2.75) is 38.5 Å². The maximum atomic E-state index is 2.48. The number of nitrogens with zero attached hydrogens (tertiary/aromatic N) is 1. The van der Waals surface area contributed by atoms with Crippen molar-refractivity contribution in [2.75, 3.05) is 4.90 Å². The topological polar surface area (TPSA) is 3.24 Å². The second-order valence-corrected chi connectivity index (χ2v) is 16.5. The second kappa shape index (κ2) is 11.5. The predicted octanol–water partition coefficient (Wildman–Crippen LogP) is 14.8. The zero-order chi connectivity index (χ0) is 37.1. The van der Waals surface area contributed by atoms with E-state index >= 15 is 0 Å². The molecule has 2 aliphatic rings. The quantitative estimate of drug-likeness (QED) is 0.127. The van der Waals surface area contributed by atoms with Gasteiger partial charge in [0, 0.05) is 27.6 Å². The van der Waals surface area contributed by atoms with Gasteiger partial charge in [0.05, 0.1) is 5.69 Å². The van der Waals surface area contributed by atoms with E-state index in [1.54, 1.807) is 0 Å². The third-order valence-electron chi connectivity index (χ3n) is 12.8. The summed E-state index contributed by atoms with van der Waals surface area (Å²) in [6.45, 7) is 9.50. The molecular formula is C54H41N. The molecule has 11 rings (SSSR count). The molecule has 0 atom stereocenters. The van der Waals surface area contributed by atoms with Gasteiger partial charge in [0.15, 0.2) is 0 Å². The Morgan fingerprint density at radius 2 is 0.964 bits per heavy atom. The maximum Gasteiger partial charge on any atom is 0.0540 e. The highest BCUT2D eigenvalue weighted by atomic mass is 15.1. The van der Waals surface area contributed by atoms with Gasteiger partial charge in [-0.3, -0.25) is 0 Å². The van der Waals surface area contributed by atoms with Crippen molar-refractivity contribution in [3.05, 3.63) is 197 Å². The summed E-state index contributed by atoms with van der Waals surface area (Å²) in [5, 5.41) is 7.88. The zero-order valence-electron chi connectivity index (χ0n) is 31.7. The lowest BCUT2D eigenvalue weighted by atomic mass is 9.80. The lowest BCUT2D eigenvalue weighted by molar-refractivity contribution is 0.660. The van der Waals surface area contributed by atoms with Crippen LogP contribution in [-0.4, -0.2) is 0 Å². The molecule has 262 valence electrons. The Bertz CT molecular complexity index is 3020. The van der Waals surface area contributed by atoms with E-state index in [-0.39, 0.29) is 10.8 Å². The molecule has 1 nitrogen and oxygen atoms in total. The Morgan fingerprint density at radius 1 is 0.400 bits per heavy atom. The van der Waals surface area contributed by atoms with Crippen LogP contribution in [0.1, 0.15) is 61.1 Å². The Balaban J connectivity index is 1.13. The molecule has 0 unspecified atom stereocenters. The summed E-state index contributed by atoms with van der Waals surface area (Å²) in [5.41, 5.74) is 16.7.